The Morgan fingerprint density at radius 1 is 1.40 bits per heavy atom. The molecule has 0 amide bonds. The highest BCUT2D eigenvalue weighted by atomic mass is 35.5. The van der Waals surface area contributed by atoms with E-state index in [1.165, 1.54) is 0 Å². The molecule has 0 bridgehead atoms. The van der Waals surface area contributed by atoms with Crippen LogP contribution in [0.2, 0.25) is 5.02 Å². The zero-order chi connectivity index (χ0) is 18.9. The van der Waals surface area contributed by atoms with Gasteiger partial charge in [0.05, 0.1) is 22.6 Å². The van der Waals surface area contributed by atoms with E-state index in [0.717, 1.165) is 19.5 Å². The van der Waals surface area contributed by atoms with Crippen LogP contribution in [0.5, 0.6) is 0 Å². The number of aromatic nitrogens is 2. The maximum absolute atomic E-state index is 12.8. The molecule has 0 aliphatic carbocycles. The van der Waals surface area contributed by atoms with Gasteiger partial charge in [-0.1, -0.05) is 11.6 Å². The van der Waals surface area contributed by atoms with Gasteiger partial charge in [-0.25, -0.2) is 9.78 Å². The first-order valence-electron chi connectivity index (χ1n) is 6.29. The van der Waals surface area contributed by atoms with E-state index in [4.69, 9.17) is 11.6 Å². The molecule has 1 aromatic heterocycles. The average molecular weight is 378 g/mol. The van der Waals surface area contributed by atoms with Crippen LogP contribution in [0.4, 0.5) is 18.9 Å². The van der Waals surface area contributed by atoms with Gasteiger partial charge in [-0.3, -0.25) is 19.5 Å². The molecule has 0 atom stereocenters. The number of carbonyl (C=O) groups is 1. The number of ether oxygens (including phenoxy) is 1. The van der Waals surface area contributed by atoms with E-state index in [1.807, 2.05) is 0 Å². The van der Waals surface area contributed by atoms with Gasteiger partial charge in [0.15, 0.2) is 0 Å². The van der Waals surface area contributed by atoms with E-state index in [0.29, 0.717) is 10.6 Å². The van der Waals surface area contributed by atoms with Crippen LogP contribution in [0.25, 0.3) is 5.69 Å². The molecule has 0 radical (unpaired) electrons. The third-order valence-corrected chi connectivity index (χ3v) is 3.32. The van der Waals surface area contributed by atoms with Crippen molar-refractivity contribution < 1.29 is 27.6 Å². The average Bonchev–Trinajstić information content (AvgIpc) is 2.53. The number of hydrogen-bond acceptors (Lipinski definition) is 6. The van der Waals surface area contributed by atoms with Gasteiger partial charge >= 0.3 is 12.1 Å². The number of nitro benzene ring substituents is 1. The van der Waals surface area contributed by atoms with E-state index < -0.39 is 50.3 Å². The van der Waals surface area contributed by atoms with Gasteiger partial charge in [-0.05, 0) is 6.07 Å². The quantitative estimate of drug-likeness (QED) is 0.462. The highest BCUT2D eigenvalue weighted by molar-refractivity contribution is 6.33. The van der Waals surface area contributed by atoms with Crippen molar-refractivity contribution in [2.24, 2.45) is 0 Å². The van der Waals surface area contributed by atoms with Crippen LogP contribution in [-0.2, 0) is 10.9 Å². The second kappa shape index (κ2) is 6.51. The second-order valence-electron chi connectivity index (χ2n) is 4.52. The number of alkyl halides is 3. The van der Waals surface area contributed by atoms with Gasteiger partial charge < -0.3 is 4.74 Å². The summed E-state index contributed by atoms with van der Waals surface area (Å²) in [4.78, 5) is 37.3. The lowest BCUT2D eigenvalue weighted by Gasteiger charge is -2.12. The predicted molar refractivity (Wildman–Crippen MR) is 77.8 cm³/mol. The summed E-state index contributed by atoms with van der Waals surface area (Å²) in [6.45, 7) is 0. The van der Waals surface area contributed by atoms with Crippen molar-refractivity contribution in [1.29, 1.82) is 0 Å². The topological polar surface area (TPSA) is 104 Å². The Labute approximate surface area is 141 Å². The Hall–Kier alpha value is -2.95. The smallest absolute Gasteiger partial charge is 0.416 e. The van der Waals surface area contributed by atoms with Crippen molar-refractivity contribution >= 4 is 23.3 Å². The second-order valence-corrected chi connectivity index (χ2v) is 4.93. The van der Waals surface area contributed by atoms with E-state index in [2.05, 4.69) is 9.72 Å². The minimum Gasteiger partial charge on any atom is -0.464 e. The third-order valence-electron chi connectivity index (χ3n) is 3.03. The summed E-state index contributed by atoms with van der Waals surface area (Å²) in [6.07, 6.45) is -3.01. The molecule has 2 rings (SSSR count). The first-order valence-corrected chi connectivity index (χ1v) is 6.67. The summed E-state index contributed by atoms with van der Waals surface area (Å²) in [5.41, 5.74) is -4.90. The first-order chi connectivity index (χ1) is 11.6. The van der Waals surface area contributed by atoms with Crippen molar-refractivity contribution in [3.05, 3.63) is 61.3 Å². The number of hydrogen-bond donors (Lipinski definition) is 0. The van der Waals surface area contributed by atoms with Gasteiger partial charge in [0.1, 0.15) is 5.69 Å². The monoisotopic (exact) mass is 377 g/mol. The molecule has 0 aliphatic rings. The molecule has 0 aliphatic heterocycles. The van der Waals surface area contributed by atoms with Crippen molar-refractivity contribution in [2.75, 3.05) is 7.11 Å². The minimum absolute atomic E-state index is 0.242. The molecule has 0 unspecified atom stereocenters. The summed E-state index contributed by atoms with van der Waals surface area (Å²) in [6, 6.07) is 0.681. The van der Waals surface area contributed by atoms with Gasteiger partial charge in [0.25, 0.3) is 11.2 Å². The van der Waals surface area contributed by atoms with Gasteiger partial charge in [0.2, 0.25) is 5.69 Å². The SMILES string of the molecule is COC(=O)c1nccn(-c2c(Cl)cc(C(F)(F)F)cc2[N+](=O)[O-])c1=O. The lowest BCUT2D eigenvalue weighted by molar-refractivity contribution is -0.384. The summed E-state index contributed by atoms with van der Waals surface area (Å²) >= 11 is 5.76. The maximum atomic E-state index is 12.8. The number of carbonyl (C=O) groups excluding carboxylic acids is 1. The Morgan fingerprint density at radius 3 is 2.56 bits per heavy atom. The molecule has 0 saturated carbocycles. The fourth-order valence-electron chi connectivity index (χ4n) is 1.95. The standard InChI is InChI=1S/C13H7ClF3N3O5/c1-25-12(22)9-11(21)19(3-2-18-9)10-7(14)4-6(13(15,16)17)5-8(10)20(23)24/h2-5H,1H3. The minimum atomic E-state index is -4.88. The number of halogens is 4. The number of nitrogens with zero attached hydrogens (tertiary/aromatic N) is 3. The van der Waals surface area contributed by atoms with Gasteiger partial charge in [0, 0.05) is 18.5 Å². The van der Waals surface area contributed by atoms with Crippen LogP contribution >= 0.6 is 11.6 Å². The molecule has 0 fully saturated rings. The van der Waals surface area contributed by atoms with Crippen LogP contribution in [0.3, 0.4) is 0 Å². The summed E-state index contributed by atoms with van der Waals surface area (Å²) in [5, 5.41) is 10.5. The van der Waals surface area contributed by atoms with Crippen molar-refractivity contribution in [1.82, 2.24) is 9.55 Å². The van der Waals surface area contributed by atoms with E-state index in [-0.39, 0.29) is 6.07 Å². The van der Waals surface area contributed by atoms with E-state index in [9.17, 15) is 32.9 Å². The van der Waals surface area contributed by atoms with E-state index in [1.54, 1.807) is 0 Å². The number of nitro groups is 1. The largest absolute Gasteiger partial charge is 0.464 e. The van der Waals surface area contributed by atoms with Gasteiger partial charge in [-0.2, -0.15) is 13.2 Å². The Morgan fingerprint density at radius 2 is 2.04 bits per heavy atom. The molecule has 25 heavy (non-hydrogen) atoms. The maximum Gasteiger partial charge on any atom is 0.416 e. The fourth-order valence-corrected chi connectivity index (χ4v) is 2.26. The van der Waals surface area contributed by atoms with E-state index >= 15 is 0 Å². The summed E-state index contributed by atoms with van der Waals surface area (Å²) in [5.74, 6) is -1.12. The number of methoxy groups -OCH3 is 1. The fraction of sp³-hybridized carbons (Fsp3) is 0.154. The number of benzene rings is 1. The predicted octanol–water partition coefficient (Wildman–Crippen LogP) is 2.60. The highest BCUT2D eigenvalue weighted by Crippen LogP contribution is 2.38. The Kier molecular flexibility index (Phi) is 4.79. The summed E-state index contributed by atoms with van der Waals surface area (Å²) < 4.78 is 43.4. The molecule has 2 aromatic rings. The molecular formula is C13H7ClF3N3O5. The van der Waals surface area contributed by atoms with Crippen molar-refractivity contribution in [3.63, 3.8) is 0 Å². The molecule has 0 N–H and O–H groups in total. The molecule has 0 saturated heterocycles. The number of rotatable bonds is 3. The first kappa shape index (κ1) is 18.4. The summed E-state index contributed by atoms with van der Waals surface area (Å²) in [7, 11) is 0.981. The van der Waals surface area contributed by atoms with Crippen molar-refractivity contribution in [2.45, 2.75) is 6.18 Å². The van der Waals surface area contributed by atoms with Crippen LogP contribution in [0.15, 0.2) is 29.3 Å². The number of esters is 1. The molecule has 132 valence electrons. The lowest BCUT2D eigenvalue weighted by atomic mass is 10.1. The normalized spacial score (nSPS) is 11.2. The molecular weight excluding hydrogens is 371 g/mol. The molecule has 8 nitrogen and oxygen atoms in total. The lowest BCUT2D eigenvalue weighted by Crippen LogP contribution is -2.27. The van der Waals surface area contributed by atoms with Gasteiger partial charge in [-0.15, -0.1) is 0 Å². The van der Waals surface area contributed by atoms with Crippen molar-refractivity contribution in [3.8, 4) is 5.69 Å². The molecule has 1 aromatic carbocycles. The zero-order valence-corrected chi connectivity index (χ0v) is 13.0. The molecule has 0 spiro atoms. The third kappa shape index (κ3) is 3.45. The Bertz CT molecular complexity index is 926. The highest BCUT2D eigenvalue weighted by Gasteiger charge is 2.35. The zero-order valence-electron chi connectivity index (χ0n) is 12.2. The molecule has 12 heteroatoms. The molecule has 1 heterocycles. The van der Waals surface area contributed by atoms with Crippen LogP contribution < -0.4 is 5.56 Å². The van der Waals surface area contributed by atoms with Crippen LogP contribution in [-0.4, -0.2) is 27.6 Å². The van der Waals surface area contributed by atoms with Crippen LogP contribution in [0.1, 0.15) is 16.1 Å². The Balaban J connectivity index is 2.83. The van der Waals surface area contributed by atoms with Crippen LogP contribution in [0, 0.1) is 10.1 Å².